The molecule has 0 bridgehead atoms. The Balaban J connectivity index is 1.54. The number of thiazole rings is 1. The van der Waals surface area contributed by atoms with E-state index in [2.05, 4.69) is 10.4 Å². The highest BCUT2D eigenvalue weighted by Crippen LogP contribution is 2.30. The highest BCUT2D eigenvalue weighted by molar-refractivity contribution is 8.01. The molecule has 0 saturated carbocycles. The van der Waals surface area contributed by atoms with Crippen LogP contribution in [0.2, 0.25) is 0 Å². The molecular formula is C16H20N2O2S3. The first-order valence-corrected chi connectivity index (χ1v) is 11.0. The molecule has 0 N–H and O–H groups in total. The summed E-state index contributed by atoms with van der Waals surface area (Å²) in [4.78, 5) is 4.86. The monoisotopic (exact) mass is 368 g/mol. The maximum Gasteiger partial charge on any atom is 0.243 e. The normalized spacial score (nSPS) is 17.4. The second-order valence-corrected chi connectivity index (χ2v) is 9.79. The van der Waals surface area contributed by atoms with Crippen molar-refractivity contribution in [3.63, 3.8) is 0 Å². The average molecular weight is 369 g/mol. The van der Waals surface area contributed by atoms with Crippen LogP contribution in [-0.4, -0.2) is 36.5 Å². The van der Waals surface area contributed by atoms with Gasteiger partial charge in [-0.2, -0.15) is 4.31 Å². The molecule has 1 saturated heterocycles. The van der Waals surface area contributed by atoms with Gasteiger partial charge in [0.15, 0.2) is 0 Å². The summed E-state index contributed by atoms with van der Waals surface area (Å²) in [5.74, 6) is 1.58. The lowest BCUT2D eigenvalue weighted by Gasteiger charge is -2.30. The molecule has 0 atom stereocenters. The van der Waals surface area contributed by atoms with E-state index in [-0.39, 0.29) is 0 Å². The van der Waals surface area contributed by atoms with E-state index in [0.717, 1.165) is 28.6 Å². The van der Waals surface area contributed by atoms with E-state index >= 15 is 0 Å². The molecule has 2 heterocycles. The van der Waals surface area contributed by atoms with Crippen LogP contribution in [0.3, 0.4) is 0 Å². The van der Waals surface area contributed by atoms with Gasteiger partial charge in [-0.3, -0.25) is 0 Å². The largest absolute Gasteiger partial charge is 0.243 e. The second kappa shape index (κ2) is 7.34. The molecule has 0 unspecified atom stereocenters. The Labute approximate surface area is 146 Å². The summed E-state index contributed by atoms with van der Waals surface area (Å²) in [5.41, 5.74) is 1.07. The summed E-state index contributed by atoms with van der Waals surface area (Å²) in [6.45, 7) is 3.23. The zero-order chi connectivity index (χ0) is 16.3. The Morgan fingerprint density at radius 3 is 2.57 bits per heavy atom. The summed E-state index contributed by atoms with van der Waals surface area (Å²) >= 11 is 3.48. The SMILES string of the molecule is Cc1csc(SCC2CCN(S(=O)(=O)c3ccccc3)CC2)n1. The minimum Gasteiger partial charge on any atom is -0.235 e. The van der Waals surface area contributed by atoms with Crippen molar-refractivity contribution in [1.82, 2.24) is 9.29 Å². The zero-order valence-corrected chi connectivity index (χ0v) is 15.5. The molecule has 1 aromatic heterocycles. The van der Waals surface area contributed by atoms with Gasteiger partial charge in [0.2, 0.25) is 10.0 Å². The first-order valence-electron chi connectivity index (χ1n) is 7.66. The van der Waals surface area contributed by atoms with Crippen LogP contribution >= 0.6 is 23.1 Å². The van der Waals surface area contributed by atoms with E-state index in [1.807, 2.05) is 13.0 Å². The van der Waals surface area contributed by atoms with E-state index in [1.165, 1.54) is 0 Å². The van der Waals surface area contributed by atoms with E-state index in [4.69, 9.17) is 0 Å². The van der Waals surface area contributed by atoms with Crippen LogP contribution in [0.4, 0.5) is 0 Å². The average Bonchev–Trinajstić information content (AvgIpc) is 3.00. The maximum absolute atomic E-state index is 12.6. The molecule has 0 amide bonds. The topological polar surface area (TPSA) is 50.3 Å². The molecule has 1 fully saturated rings. The number of sulfonamides is 1. The number of thioether (sulfide) groups is 1. The Kier molecular flexibility index (Phi) is 5.41. The predicted molar refractivity (Wildman–Crippen MR) is 95.5 cm³/mol. The van der Waals surface area contributed by atoms with E-state index in [0.29, 0.717) is 23.9 Å². The van der Waals surface area contributed by atoms with Gasteiger partial charge in [0.1, 0.15) is 4.34 Å². The number of rotatable bonds is 5. The molecule has 1 aromatic carbocycles. The van der Waals surface area contributed by atoms with Crippen LogP contribution < -0.4 is 0 Å². The molecule has 0 spiro atoms. The molecule has 23 heavy (non-hydrogen) atoms. The third-order valence-electron chi connectivity index (χ3n) is 3.99. The number of hydrogen-bond donors (Lipinski definition) is 0. The fourth-order valence-corrected chi connectivity index (χ4v) is 6.20. The Morgan fingerprint density at radius 2 is 1.96 bits per heavy atom. The van der Waals surface area contributed by atoms with E-state index in [9.17, 15) is 8.42 Å². The van der Waals surface area contributed by atoms with Crippen LogP contribution in [0.15, 0.2) is 44.9 Å². The zero-order valence-electron chi connectivity index (χ0n) is 13.0. The smallest absolute Gasteiger partial charge is 0.235 e. The minimum atomic E-state index is -3.33. The number of benzene rings is 1. The lowest BCUT2D eigenvalue weighted by Crippen LogP contribution is -2.38. The molecule has 1 aliphatic heterocycles. The standard InChI is InChI=1S/C16H20N2O2S3/c1-13-11-21-16(17-13)22-12-14-7-9-18(10-8-14)23(19,20)15-5-3-2-4-6-15/h2-6,11,14H,7-10,12H2,1H3. The highest BCUT2D eigenvalue weighted by atomic mass is 32.2. The third-order valence-corrected chi connectivity index (χ3v) is 8.28. The molecule has 0 radical (unpaired) electrons. The lowest BCUT2D eigenvalue weighted by molar-refractivity contribution is 0.291. The van der Waals surface area contributed by atoms with Gasteiger partial charge in [0.05, 0.1) is 4.90 Å². The lowest BCUT2D eigenvalue weighted by atomic mass is 10.0. The highest BCUT2D eigenvalue weighted by Gasteiger charge is 2.29. The van der Waals surface area contributed by atoms with E-state index in [1.54, 1.807) is 51.7 Å². The van der Waals surface area contributed by atoms with Crippen molar-refractivity contribution in [3.05, 3.63) is 41.4 Å². The molecule has 7 heteroatoms. The molecule has 2 aromatic rings. The van der Waals surface area contributed by atoms with Crippen LogP contribution in [-0.2, 0) is 10.0 Å². The van der Waals surface area contributed by atoms with Crippen LogP contribution in [0, 0.1) is 12.8 Å². The number of hydrogen-bond acceptors (Lipinski definition) is 5. The third kappa shape index (κ3) is 4.15. The van der Waals surface area contributed by atoms with Crippen molar-refractivity contribution >= 4 is 33.1 Å². The molecular weight excluding hydrogens is 348 g/mol. The first-order chi connectivity index (χ1) is 11.1. The summed E-state index contributed by atoms with van der Waals surface area (Å²) in [7, 11) is -3.33. The van der Waals surface area contributed by atoms with E-state index < -0.39 is 10.0 Å². The van der Waals surface area contributed by atoms with Crippen LogP contribution in [0.1, 0.15) is 18.5 Å². The van der Waals surface area contributed by atoms with Crippen molar-refractivity contribution in [2.24, 2.45) is 5.92 Å². The van der Waals surface area contributed by atoms with Crippen molar-refractivity contribution in [2.75, 3.05) is 18.8 Å². The predicted octanol–water partition coefficient (Wildman–Crippen LogP) is 3.64. The Bertz CT molecular complexity index is 736. The van der Waals surface area contributed by atoms with Gasteiger partial charge >= 0.3 is 0 Å². The first kappa shape index (κ1) is 17.0. The molecule has 3 rings (SSSR count). The summed E-state index contributed by atoms with van der Waals surface area (Å²) in [6, 6.07) is 8.71. The maximum atomic E-state index is 12.6. The van der Waals surface area contributed by atoms with Gasteiger partial charge in [0, 0.05) is 29.9 Å². The molecule has 4 nitrogen and oxygen atoms in total. The number of piperidine rings is 1. The fraction of sp³-hybridized carbons (Fsp3) is 0.438. The minimum absolute atomic E-state index is 0.395. The van der Waals surface area contributed by atoms with Crippen LogP contribution in [0.25, 0.3) is 0 Å². The fourth-order valence-electron chi connectivity index (χ4n) is 2.65. The van der Waals surface area contributed by atoms with Gasteiger partial charge in [-0.05, 0) is 37.8 Å². The Morgan fingerprint density at radius 1 is 1.26 bits per heavy atom. The van der Waals surface area contributed by atoms with Gasteiger partial charge in [0.25, 0.3) is 0 Å². The van der Waals surface area contributed by atoms with Gasteiger partial charge < -0.3 is 0 Å². The molecule has 0 aliphatic carbocycles. The van der Waals surface area contributed by atoms with Crippen LogP contribution in [0.5, 0.6) is 0 Å². The molecule has 124 valence electrons. The molecule has 1 aliphatic rings. The number of nitrogens with zero attached hydrogens (tertiary/aromatic N) is 2. The van der Waals surface area contributed by atoms with Gasteiger partial charge in [-0.25, -0.2) is 13.4 Å². The van der Waals surface area contributed by atoms with Gasteiger partial charge in [-0.15, -0.1) is 11.3 Å². The second-order valence-electron chi connectivity index (χ2n) is 5.73. The summed E-state index contributed by atoms with van der Waals surface area (Å²) in [6.07, 6.45) is 1.84. The Hall–Kier alpha value is -0.890. The summed E-state index contributed by atoms with van der Waals surface area (Å²) < 4.78 is 27.9. The van der Waals surface area contributed by atoms with Crippen molar-refractivity contribution in [1.29, 1.82) is 0 Å². The number of aromatic nitrogens is 1. The summed E-state index contributed by atoms with van der Waals surface area (Å²) in [5, 5.41) is 2.07. The van der Waals surface area contributed by atoms with Crippen molar-refractivity contribution in [3.8, 4) is 0 Å². The van der Waals surface area contributed by atoms with Crippen molar-refractivity contribution in [2.45, 2.75) is 29.0 Å². The quantitative estimate of drug-likeness (QED) is 0.756. The number of aryl methyl sites for hydroxylation is 1. The van der Waals surface area contributed by atoms with Gasteiger partial charge in [-0.1, -0.05) is 30.0 Å². The van der Waals surface area contributed by atoms with Crippen molar-refractivity contribution < 1.29 is 8.42 Å².